The van der Waals surface area contributed by atoms with Gasteiger partial charge in [0, 0.05) is 44.4 Å². The Hall–Kier alpha value is -6.00. The van der Waals surface area contributed by atoms with Crippen LogP contribution in [0.5, 0.6) is 0 Å². The molecule has 0 bridgehead atoms. The molecule has 48 heavy (non-hydrogen) atoms. The largest absolute Gasteiger partial charge is 0.247 e. The van der Waals surface area contributed by atoms with Gasteiger partial charge in [0.1, 0.15) is 0 Å². The number of allylic oxidation sites excluding steroid dienone is 4. The molecule has 0 unspecified atom stereocenters. The van der Waals surface area contributed by atoms with E-state index in [0.717, 1.165) is 67.8 Å². The third-order valence-corrected chi connectivity index (χ3v) is 9.02. The first-order valence-corrected chi connectivity index (χ1v) is 16.7. The summed E-state index contributed by atoms with van der Waals surface area (Å²) in [5.41, 5.74) is 10.5. The average Bonchev–Trinajstić information content (AvgIpc) is 3.18. The van der Waals surface area contributed by atoms with Crippen molar-refractivity contribution in [2.75, 3.05) is 0 Å². The van der Waals surface area contributed by atoms with Gasteiger partial charge in [-0.2, -0.15) is 0 Å². The lowest BCUT2D eigenvalue weighted by Gasteiger charge is -2.14. The smallest absolute Gasteiger partial charge is 0.163 e. The summed E-state index contributed by atoms with van der Waals surface area (Å²) in [6.07, 6.45) is 10.5. The summed E-state index contributed by atoms with van der Waals surface area (Å²) in [7, 11) is 0. The Labute approximate surface area is 280 Å². The first-order chi connectivity index (χ1) is 23.8. The van der Waals surface area contributed by atoms with E-state index >= 15 is 0 Å². The molecule has 0 saturated carbocycles. The second-order valence-electron chi connectivity index (χ2n) is 11.8. The van der Waals surface area contributed by atoms with E-state index in [4.69, 9.17) is 15.0 Å². The topological polar surface area (TPSA) is 51.6 Å². The third-order valence-electron chi connectivity index (χ3n) is 9.02. The van der Waals surface area contributed by atoms with Crippen LogP contribution in [0.15, 0.2) is 146 Å². The van der Waals surface area contributed by atoms with Crippen molar-refractivity contribution in [3.63, 3.8) is 0 Å². The van der Waals surface area contributed by atoms with E-state index in [0.29, 0.717) is 11.5 Å². The minimum Gasteiger partial charge on any atom is -0.247 e. The van der Waals surface area contributed by atoms with Crippen molar-refractivity contribution >= 4 is 49.2 Å². The van der Waals surface area contributed by atoms with E-state index in [2.05, 4.69) is 138 Å². The van der Waals surface area contributed by atoms with Gasteiger partial charge in [-0.3, -0.25) is 0 Å². The molecule has 1 aliphatic carbocycles. The third kappa shape index (κ3) is 5.22. The Morgan fingerprint density at radius 1 is 0.542 bits per heavy atom. The van der Waals surface area contributed by atoms with E-state index in [1.807, 2.05) is 19.9 Å². The molecule has 0 amide bonds. The summed E-state index contributed by atoms with van der Waals surface area (Å²) in [6, 6.07) is 42.6. The van der Waals surface area contributed by atoms with Gasteiger partial charge in [0.05, 0.1) is 16.7 Å². The SMILES string of the molecule is C1=CCCC(c2ccc(-c3nc(-c4ccc(-c5c6ccccc6nc6c5ccc5ccccc56)cc4)nc4ncccc34)cc2)=C1.CC. The van der Waals surface area contributed by atoms with E-state index in [1.54, 1.807) is 6.20 Å². The minimum atomic E-state index is 0.660. The van der Waals surface area contributed by atoms with Crippen molar-refractivity contribution in [2.24, 2.45) is 0 Å². The standard InChI is InChI=1S/C42H28N4.C2H6/c1-2-9-27(10-3-1)28-16-20-31(21-17-28)39-36-14-8-26-43-42(36)46-41(45-39)32-22-18-30(19-23-32)38-34-13-6-7-15-37(34)44-40-33-12-5-4-11-29(33)24-25-35(38)40;1-2/h1-2,4-9,11-26H,3,10H2;1-2H3. The van der Waals surface area contributed by atoms with Gasteiger partial charge in [0.25, 0.3) is 0 Å². The summed E-state index contributed by atoms with van der Waals surface area (Å²) >= 11 is 0. The van der Waals surface area contributed by atoms with Gasteiger partial charge < -0.3 is 0 Å². The van der Waals surface area contributed by atoms with Gasteiger partial charge in [0.2, 0.25) is 0 Å². The number of rotatable bonds is 4. The highest BCUT2D eigenvalue weighted by Crippen LogP contribution is 2.38. The molecule has 230 valence electrons. The Morgan fingerprint density at radius 2 is 1.25 bits per heavy atom. The van der Waals surface area contributed by atoms with E-state index < -0.39 is 0 Å². The molecule has 3 aromatic heterocycles. The quantitative estimate of drug-likeness (QED) is 0.145. The normalized spacial score (nSPS) is 12.7. The summed E-state index contributed by atoms with van der Waals surface area (Å²) in [5, 5.41) is 5.57. The molecule has 0 N–H and O–H groups in total. The monoisotopic (exact) mass is 618 g/mol. The van der Waals surface area contributed by atoms with Crippen molar-refractivity contribution < 1.29 is 0 Å². The zero-order valence-electron chi connectivity index (χ0n) is 27.1. The van der Waals surface area contributed by atoms with Crippen LogP contribution in [0.25, 0.3) is 83.0 Å². The first kappa shape index (κ1) is 29.4. The molecule has 1 aliphatic rings. The number of benzene rings is 5. The van der Waals surface area contributed by atoms with Crippen molar-refractivity contribution in [2.45, 2.75) is 26.7 Å². The molecule has 8 aromatic rings. The molecular weight excluding hydrogens is 585 g/mol. The van der Waals surface area contributed by atoms with Gasteiger partial charge in [0.15, 0.2) is 11.5 Å². The van der Waals surface area contributed by atoms with Crippen molar-refractivity contribution in [3.8, 4) is 33.8 Å². The van der Waals surface area contributed by atoms with Crippen LogP contribution in [0, 0.1) is 0 Å². The van der Waals surface area contributed by atoms with Gasteiger partial charge >= 0.3 is 0 Å². The average molecular weight is 619 g/mol. The number of para-hydroxylation sites is 1. The lowest BCUT2D eigenvalue weighted by atomic mass is 9.93. The van der Waals surface area contributed by atoms with Crippen LogP contribution in [0.2, 0.25) is 0 Å². The molecule has 0 saturated heterocycles. The molecule has 0 atom stereocenters. The fourth-order valence-electron chi connectivity index (χ4n) is 6.72. The van der Waals surface area contributed by atoms with Crippen molar-refractivity contribution in [1.29, 1.82) is 0 Å². The number of fused-ring (bicyclic) bond motifs is 5. The summed E-state index contributed by atoms with van der Waals surface area (Å²) < 4.78 is 0. The number of nitrogens with zero attached hydrogens (tertiary/aromatic N) is 4. The fraction of sp³-hybridized carbons (Fsp3) is 0.0909. The van der Waals surface area contributed by atoms with Gasteiger partial charge in [-0.1, -0.05) is 135 Å². The highest BCUT2D eigenvalue weighted by atomic mass is 14.9. The second kappa shape index (κ2) is 12.7. The van der Waals surface area contributed by atoms with Gasteiger partial charge in [-0.05, 0) is 53.1 Å². The Balaban J connectivity index is 0.00000165. The lowest BCUT2D eigenvalue weighted by molar-refractivity contribution is 1.05. The zero-order chi connectivity index (χ0) is 32.5. The first-order valence-electron chi connectivity index (χ1n) is 16.7. The van der Waals surface area contributed by atoms with Crippen LogP contribution in [0.1, 0.15) is 32.3 Å². The van der Waals surface area contributed by atoms with Crippen LogP contribution in [-0.2, 0) is 0 Å². The molecule has 0 spiro atoms. The lowest BCUT2D eigenvalue weighted by Crippen LogP contribution is -1.97. The molecule has 5 aromatic carbocycles. The maximum Gasteiger partial charge on any atom is 0.163 e. The molecule has 0 fully saturated rings. The molecule has 4 nitrogen and oxygen atoms in total. The zero-order valence-corrected chi connectivity index (χ0v) is 27.1. The van der Waals surface area contributed by atoms with Crippen LogP contribution in [0.4, 0.5) is 0 Å². The minimum absolute atomic E-state index is 0.660. The predicted molar refractivity (Wildman–Crippen MR) is 202 cm³/mol. The summed E-state index contributed by atoms with van der Waals surface area (Å²) in [5.74, 6) is 0.660. The predicted octanol–water partition coefficient (Wildman–Crippen LogP) is 11.6. The van der Waals surface area contributed by atoms with Crippen LogP contribution in [0.3, 0.4) is 0 Å². The molecule has 3 heterocycles. The summed E-state index contributed by atoms with van der Waals surface area (Å²) in [4.78, 5) is 19.8. The maximum absolute atomic E-state index is 5.13. The Kier molecular flexibility index (Phi) is 7.75. The van der Waals surface area contributed by atoms with E-state index in [9.17, 15) is 0 Å². The number of hydrogen-bond acceptors (Lipinski definition) is 4. The van der Waals surface area contributed by atoms with Crippen LogP contribution < -0.4 is 0 Å². The molecule has 0 aliphatic heterocycles. The van der Waals surface area contributed by atoms with E-state index in [-0.39, 0.29) is 0 Å². The Morgan fingerprint density at radius 3 is 2.06 bits per heavy atom. The van der Waals surface area contributed by atoms with Gasteiger partial charge in [-0.25, -0.2) is 19.9 Å². The number of hydrogen-bond donors (Lipinski definition) is 0. The summed E-state index contributed by atoms with van der Waals surface area (Å²) in [6.45, 7) is 4.00. The Bertz CT molecular complexity index is 2510. The molecule has 4 heteroatoms. The maximum atomic E-state index is 5.13. The van der Waals surface area contributed by atoms with E-state index in [1.165, 1.54) is 22.1 Å². The number of aromatic nitrogens is 4. The van der Waals surface area contributed by atoms with Gasteiger partial charge in [-0.15, -0.1) is 0 Å². The van der Waals surface area contributed by atoms with Crippen LogP contribution in [-0.4, -0.2) is 19.9 Å². The molecule has 9 rings (SSSR count). The molecule has 0 radical (unpaired) electrons. The number of pyridine rings is 2. The fourth-order valence-corrected chi connectivity index (χ4v) is 6.72. The van der Waals surface area contributed by atoms with Crippen molar-refractivity contribution in [1.82, 2.24) is 19.9 Å². The highest BCUT2D eigenvalue weighted by molar-refractivity contribution is 6.16. The second-order valence-corrected chi connectivity index (χ2v) is 11.8. The highest BCUT2D eigenvalue weighted by Gasteiger charge is 2.16. The van der Waals surface area contributed by atoms with Crippen LogP contribution >= 0.6 is 0 Å². The van der Waals surface area contributed by atoms with Crippen molar-refractivity contribution in [3.05, 3.63) is 151 Å². The molecular formula is C44H34N4.